The highest BCUT2D eigenvalue weighted by Crippen LogP contribution is 2.13. The van der Waals surface area contributed by atoms with Crippen molar-refractivity contribution in [1.82, 2.24) is 16.0 Å². The number of nitrogens with zero attached hydrogens (tertiary/aromatic N) is 1. The summed E-state index contributed by atoms with van der Waals surface area (Å²) in [4.78, 5) is 15.8. The molecule has 0 fully saturated rings. The molecule has 3 N–H and O–H groups in total. The van der Waals surface area contributed by atoms with Crippen molar-refractivity contribution in [2.24, 2.45) is 10.9 Å². The van der Waals surface area contributed by atoms with Crippen molar-refractivity contribution in [3.05, 3.63) is 29.8 Å². The average molecular weight is 377 g/mol. The molecular weight excluding hydrogens is 340 g/mol. The van der Waals surface area contributed by atoms with E-state index in [2.05, 4.69) is 41.7 Å². The Hall–Kier alpha value is -2.24. The molecule has 1 aromatic carbocycles. The molecule has 0 aliphatic rings. The summed E-state index contributed by atoms with van der Waals surface area (Å²) in [6.45, 7) is 9.85. The van der Waals surface area contributed by atoms with Gasteiger partial charge in [0.05, 0.1) is 0 Å². The number of aliphatic imine (C=N–C) groups is 1. The van der Waals surface area contributed by atoms with Gasteiger partial charge in [0.1, 0.15) is 5.75 Å². The minimum atomic E-state index is -0.114. The molecule has 0 heterocycles. The van der Waals surface area contributed by atoms with E-state index in [1.54, 1.807) is 7.05 Å². The third-order valence-corrected chi connectivity index (χ3v) is 4.13. The van der Waals surface area contributed by atoms with E-state index in [0.29, 0.717) is 24.9 Å². The van der Waals surface area contributed by atoms with Crippen LogP contribution in [-0.4, -0.2) is 38.1 Å². The number of hydrogen-bond acceptors (Lipinski definition) is 3. The van der Waals surface area contributed by atoms with Gasteiger partial charge in [-0.25, -0.2) is 0 Å². The van der Waals surface area contributed by atoms with Gasteiger partial charge in [-0.05, 0) is 43.9 Å². The number of hydrogen-bond donors (Lipinski definition) is 3. The van der Waals surface area contributed by atoms with E-state index in [1.165, 1.54) is 12.8 Å². The molecule has 1 rings (SSSR count). The van der Waals surface area contributed by atoms with Gasteiger partial charge in [-0.1, -0.05) is 38.8 Å². The van der Waals surface area contributed by atoms with Crippen molar-refractivity contribution in [2.75, 3.05) is 20.2 Å². The van der Waals surface area contributed by atoms with Crippen LogP contribution in [0.2, 0.25) is 0 Å². The highest BCUT2D eigenvalue weighted by Gasteiger charge is 2.07. The lowest BCUT2D eigenvalue weighted by molar-refractivity contribution is -0.122. The molecule has 0 saturated heterocycles. The first-order chi connectivity index (χ1) is 12.9. The number of carbonyl (C=O) groups is 1. The Bertz CT molecular complexity index is 587. The van der Waals surface area contributed by atoms with Gasteiger partial charge in [0.25, 0.3) is 5.91 Å². The number of nitrogens with one attached hydrogen (secondary N) is 3. The van der Waals surface area contributed by atoms with Crippen LogP contribution in [0.4, 0.5) is 0 Å². The molecule has 6 heteroatoms. The fourth-order valence-corrected chi connectivity index (χ4v) is 2.66. The van der Waals surface area contributed by atoms with Crippen molar-refractivity contribution in [2.45, 2.75) is 59.5 Å². The van der Waals surface area contributed by atoms with E-state index in [0.717, 1.165) is 23.9 Å². The Morgan fingerprint density at radius 1 is 1.19 bits per heavy atom. The molecule has 1 aromatic rings. The molecule has 1 atom stereocenters. The van der Waals surface area contributed by atoms with E-state index in [1.807, 2.05) is 31.2 Å². The highest BCUT2D eigenvalue weighted by atomic mass is 16.5. The van der Waals surface area contributed by atoms with E-state index in [-0.39, 0.29) is 12.5 Å². The minimum absolute atomic E-state index is 0.0296. The SMILES string of the molecule is CCNC(=O)COc1cccc(CNC(=NC)NC(C)CCCC(C)C)c1. The zero-order valence-corrected chi connectivity index (χ0v) is 17.5. The number of carbonyl (C=O) groups excluding carboxylic acids is 1. The van der Waals surface area contributed by atoms with E-state index in [9.17, 15) is 4.79 Å². The molecular formula is C21H36N4O2. The highest BCUT2D eigenvalue weighted by molar-refractivity contribution is 5.80. The van der Waals surface area contributed by atoms with Crippen LogP contribution in [-0.2, 0) is 11.3 Å². The van der Waals surface area contributed by atoms with Gasteiger partial charge in [-0.3, -0.25) is 9.79 Å². The number of benzene rings is 1. The minimum Gasteiger partial charge on any atom is -0.484 e. The predicted molar refractivity (Wildman–Crippen MR) is 112 cm³/mol. The van der Waals surface area contributed by atoms with Gasteiger partial charge in [0.15, 0.2) is 12.6 Å². The van der Waals surface area contributed by atoms with Crippen LogP contribution < -0.4 is 20.7 Å². The standard InChI is InChI=1S/C21H36N4O2/c1-6-23-20(26)15-27-19-12-8-11-18(13-19)14-24-21(22-5)25-17(4)10-7-9-16(2)3/h8,11-13,16-17H,6-7,9-10,14-15H2,1-5H3,(H,23,26)(H2,22,24,25). The summed E-state index contributed by atoms with van der Waals surface area (Å²) < 4.78 is 5.54. The third kappa shape index (κ3) is 10.5. The summed E-state index contributed by atoms with van der Waals surface area (Å²) in [5, 5.41) is 9.48. The second kappa shape index (κ2) is 13.0. The number of rotatable bonds is 11. The maximum atomic E-state index is 11.5. The molecule has 0 saturated carbocycles. The maximum Gasteiger partial charge on any atom is 0.257 e. The molecule has 152 valence electrons. The van der Waals surface area contributed by atoms with Crippen LogP contribution in [0.1, 0.15) is 52.5 Å². The van der Waals surface area contributed by atoms with Crippen LogP contribution in [0.25, 0.3) is 0 Å². The van der Waals surface area contributed by atoms with Gasteiger partial charge in [0, 0.05) is 26.2 Å². The first-order valence-corrected chi connectivity index (χ1v) is 9.90. The van der Waals surface area contributed by atoms with Gasteiger partial charge in [0.2, 0.25) is 0 Å². The monoisotopic (exact) mass is 376 g/mol. The molecule has 1 amide bonds. The van der Waals surface area contributed by atoms with E-state index >= 15 is 0 Å². The quantitative estimate of drug-likeness (QED) is 0.410. The van der Waals surface area contributed by atoms with Crippen LogP contribution in [0.3, 0.4) is 0 Å². The van der Waals surface area contributed by atoms with Gasteiger partial charge in [-0.2, -0.15) is 0 Å². The summed E-state index contributed by atoms with van der Waals surface area (Å²) in [6, 6.07) is 8.11. The van der Waals surface area contributed by atoms with Crippen LogP contribution in [0.5, 0.6) is 5.75 Å². The second-order valence-electron chi connectivity index (χ2n) is 7.19. The van der Waals surface area contributed by atoms with E-state index < -0.39 is 0 Å². The molecule has 6 nitrogen and oxygen atoms in total. The van der Waals surface area contributed by atoms with Crippen LogP contribution in [0, 0.1) is 5.92 Å². The Balaban J connectivity index is 2.43. The maximum absolute atomic E-state index is 11.5. The first kappa shape index (κ1) is 22.8. The lowest BCUT2D eigenvalue weighted by Crippen LogP contribution is -2.41. The summed E-state index contributed by atoms with van der Waals surface area (Å²) in [6.07, 6.45) is 3.59. The van der Waals surface area contributed by atoms with Crippen molar-refractivity contribution in [3.63, 3.8) is 0 Å². The van der Waals surface area contributed by atoms with E-state index in [4.69, 9.17) is 4.74 Å². The Labute approximate surface area is 164 Å². The molecule has 0 aliphatic carbocycles. The molecule has 0 spiro atoms. The van der Waals surface area contributed by atoms with Gasteiger partial charge in [-0.15, -0.1) is 0 Å². The molecule has 0 aliphatic heterocycles. The fourth-order valence-electron chi connectivity index (χ4n) is 2.66. The van der Waals surface area contributed by atoms with Crippen molar-refractivity contribution in [1.29, 1.82) is 0 Å². The lowest BCUT2D eigenvalue weighted by Gasteiger charge is -2.18. The largest absolute Gasteiger partial charge is 0.484 e. The van der Waals surface area contributed by atoms with Crippen LogP contribution >= 0.6 is 0 Å². The molecule has 27 heavy (non-hydrogen) atoms. The first-order valence-electron chi connectivity index (χ1n) is 9.90. The topological polar surface area (TPSA) is 74.8 Å². The normalized spacial score (nSPS) is 12.6. The van der Waals surface area contributed by atoms with Crippen molar-refractivity contribution >= 4 is 11.9 Å². The van der Waals surface area contributed by atoms with Crippen molar-refractivity contribution in [3.8, 4) is 5.75 Å². The van der Waals surface area contributed by atoms with Crippen LogP contribution in [0.15, 0.2) is 29.3 Å². The number of likely N-dealkylation sites (N-methyl/N-ethyl adjacent to an activating group) is 1. The van der Waals surface area contributed by atoms with Crippen molar-refractivity contribution < 1.29 is 9.53 Å². The molecule has 0 aromatic heterocycles. The summed E-state index contributed by atoms with van der Waals surface area (Å²) in [5.41, 5.74) is 1.07. The predicted octanol–water partition coefficient (Wildman–Crippen LogP) is 3.08. The molecule has 1 unspecified atom stereocenters. The third-order valence-electron chi connectivity index (χ3n) is 4.13. The molecule has 0 radical (unpaired) electrons. The number of amides is 1. The number of guanidine groups is 1. The summed E-state index contributed by atoms with van der Waals surface area (Å²) in [5.74, 6) is 2.11. The average Bonchev–Trinajstić information content (AvgIpc) is 2.63. The zero-order chi connectivity index (χ0) is 20.1. The van der Waals surface area contributed by atoms with Gasteiger partial charge < -0.3 is 20.7 Å². The lowest BCUT2D eigenvalue weighted by atomic mass is 10.0. The molecule has 0 bridgehead atoms. The number of ether oxygens (including phenoxy) is 1. The summed E-state index contributed by atoms with van der Waals surface area (Å²) >= 11 is 0. The Morgan fingerprint density at radius 3 is 2.63 bits per heavy atom. The zero-order valence-electron chi connectivity index (χ0n) is 17.5. The Morgan fingerprint density at radius 2 is 1.96 bits per heavy atom. The fraction of sp³-hybridized carbons (Fsp3) is 0.619. The smallest absolute Gasteiger partial charge is 0.257 e. The summed E-state index contributed by atoms with van der Waals surface area (Å²) in [7, 11) is 1.78. The van der Waals surface area contributed by atoms with Gasteiger partial charge >= 0.3 is 0 Å². The second-order valence-corrected chi connectivity index (χ2v) is 7.19. The Kier molecular flexibility index (Phi) is 11.0.